The van der Waals surface area contributed by atoms with E-state index in [0.717, 1.165) is 37.8 Å². The smallest absolute Gasteiger partial charge is 0.193 e. The number of nitrogens with zero attached hydrogens (tertiary/aromatic N) is 4. The van der Waals surface area contributed by atoms with Gasteiger partial charge in [-0.05, 0) is 26.7 Å². The monoisotopic (exact) mass is 521 g/mol. The van der Waals surface area contributed by atoms with E-state index in [4.69, 9.17) is 4.74 Å². The highest BCUT2D eigenvalue weighted by molar-refractivity contribution is 14.0. The van der Waals surface area contributed by atoms with Crippen molar-refractivity contribution >= 4 is 41.7 Å². The Kier molecular flexibility index (Phi) is 9.40. The molecule has 0 unspecified atom stereocenters. The summed E-state index contributed by atoms with van der Waals surface area (Å²) < 4.78 is 7.69. The molecule has 1 aromatic rings. The van der Waals surface area contributed by atoms with Crippen LogP contribution in [0.1, 0.15) is 49.1 Å². The molecule has 1 aliphatic carbocycles. The molecule has 1 aromatic heterocycles. The van der Waals surface area contributed by atoms with Crippen LogP contribution in [0, 0.1) is 13.8 Å². The van der Waals surface area contributed by atoms with Crippen LogP contribution in [0.25, 0.3) is 0 Å². The fourth-order valence-electron chi connectivity index (χ4n) is 4.41. The number of aromatic nitrogens is 2. The fraction of sp³-hybridized carbons (Fsp3) is 0.800. The minimum absolute atomic E-state index is 0. The number of thioether (sulfide) groups is 1. The topological polar surface area (TPSA) is 54.7 Å². The highest BCUT2D eigenvalue weighted by Gasteiger charge is 2.38. The Morgan fingerprint density at radius 1 is 1.29 bits per heavy atom. The fourth-order valence-corrected chi connectivity index (χ4v) is 5.98. The van der Waals surface area contributed by atoms with E-state index in [2.05, 4.69) is 45.9 Å². The van der Waals surface area contributed by atoms with Crippen molar-refractivity contribution < 1.29 is 4.74 Å². The molecule has 0 amide bonds. The van der Waals surface area contributed by atoms with Crippen molar-refractivity contribution in [1.82, 2.24) is 20.0 Å². The Bertz CT molecular complexity index is 652. The van der Waals surface area contributed by atoms with E-state index in [0.29, 0.717) is 11.4 Å². The number of aliphatic imine (C=N–C) groups is 1. The molecule has 2 heterocycles. The van der Waals surface area contributed by atoms with Gasteiger partial charge in [0.15, 0.2) is 5.96 Å². The first-order chi connectivity index (χ1) is 13.1. The number of aryl methyl sites for hydroxylation is 1. The van der Waals surface area contributed by atoms with Crippen LogP contribution < -0.4 is 5.32 Å². The van der Waals surface area contributed by atoms with Gasteiger partial charge in [0.05, 0.1) is 18.8 Å². The summed E-state index contributed by atoms with van der Waals surface area (Å²) in [6, 6.07) is 0. The van der Waals surface area contributed by atoms with Gasteiger partial charge < -0.3 is 15.0 Å². The highest BCUT2D eigenvalue weighted by Crippen LogP contribution is 2.42. The predicted octanol–water partition coefficient (Wildman–Crippen LogP) is 3.59. The SMILES string of the molecule is CN=C(NCc1c(C)nn(CCOC)c1C)N1CCSC2(CCCCC2)C1.I. The number of hydrogen-bond acceptors (Lipinski definition) is 4. The van der Waals surface area contributed by atoms with Crippen molar-refractivity contribution in [3.63, 3.8) is 0 Å². The van der Waals surface area contributed by atoms with Crippen molar-refractivity contribution in [3.8, 4) is 0 Å². The molecule has 1 saturated heterocycles. The number of hydrogen-bond donors (Lipinski definition) is 1. The average molecular weight is 522 g/mol. The minimum atomic E-state index is 0. The quantitative estimate of drug-likeness (QED) is 0.365. The Balaban J connectivity index is 0.00000280. The Morgan fingerprint density at radius 3 is 2.71 bits per heavy atom. The number of guanidine groups is 1. The van der Waals surface area contributed by atoms with Gasteiger partial charge in [0.25, 0.3) is 0 Å². The van der Waals surface area contributed by atoms with E-state index >= 15 is 0 Å². The van der Waals surface area contributed by atoms with E-state index in [1.54, 1.807) is 7.11 Å². The van der Waals surface area contributed by atoms with Gasteiger partial charge in [0, 0.05) is 55.5 Å². The maximum absolute atomic E-state index is 5.20. The van der Waals surface area contributed by atoms with Crippen LogP contribution in [-0.2, 0) is 17.8 Å². The number of rotatable bonds is 5. The molecule has 0 bridgehead atoms. The van der Waals surface area contributed by atoms with Gasteiger partial charge in [-0.3, -0.25) is 9.67 Å². The van der Waals surface area contributed by atoms with E-state index in [1.807, 2.05) is 11.7 Å². The number of nitrogens with one attached hydrogen (secondary N) is 1. The lowest BCUT2D eigenvalue weighted by molar-refractivity contribution is 0.182. The molecular formula is C20H36IN5OS. The van der Waals surface area contributed by atoms with Crippen LogP contribution in [0.3, 0.4) is 0 Å². The standard InChI is InChI=1S/C20H35N5OS.HI/c1-16-18(17(2)25(23-16)10-12-26-4)14-22-19(21-3)24-11-13-27-20(15-24)8-6-5-7-9-20;/h5-15H2,1-4H3,(H,21,22);1H. The second-order valence-electron chi connectivity index (χ2n) is 7.78. The van der Waals surface area contributed by atoms with Gasteiger partial charge in [-0.1, -0.05) is 19.3 Å². The molecule has 0 atom stereocenters. The molecule has 1 saturated carbocycles. The van der Waals surface area contributed by atoms with Crippen molar-refractivity contribution in [1.29, 1.82) is 0 Å². The maximum atomic E-state index is 5.20. The summed E-state index contributed by atoms with van der Waals surface area (Å²) in [4.78, 5) is 7.07. The molecule has 6 nitrogen and oxygen atoms in total. The maximum Gasteiger partial charge on any atom is 0.193 e. The Hall–Kier alpha value is -0.480. The summed E-state index contributed by atoms with van der Waals surface area (Å²) in [5.74, 6) is 2.23. The second kappa shape index (κ2) is 11.1. The molecule has 1 N–H and O–H groups in total. The van der Waals surface area contributed by atoms with Gasteiger partial charge >= 0.3 is 0 Å². The second-order valence-corrected chi connectivity index (χ2v) is 9.34. The minimum Gasteiger partial charge on any atom is -0.383 e. The third-order valence-corrected chi connectivity index (χ3v) is 7.52. The van der Waals surface area contributed by atoms with Crippen LogP contribution in [-0.4, -0.2) is 65.0 Å². The Labute approximate surface area is 191 Å². The first kappa shape index (κ1) is 23.8. The van der Waals surface area contributed by atoms with Crippen LogP contribution in [0.5, 0.6) is 0 Å². The summed E-state index contributed by atoms with van der Waals surface area (Å²) in [7, 11) is 3.63. The number of methoxy groups -OCH3 is 1. The molecule has 0 aromatic carbocycles. The largest absolute Gasteiger partial charge is 0.383 e. The third kappa shape index (κ3) is 5.56. The third-order valence-electron chi connectivity index (χ3n) is 5.99. The van der Waals surface area contributed by atoms with Crippen LogP contribution in [0.15, 0.2) is 4.99 Å². The molecule has 1 aliphatic heterocycles. The summed E-state index contributed by atoms with van der Waals surface area (Å²) in [5, 5.41) is 8.28. The van der Waals surface area contributed by atoms with Gasteiger partial charge in [-0.15, -0.1) is 24.0 Å². The van der Waals surface area contributed by atoms with Crippen molar-refractivity contribution in [3.05, 3.63) is 17.0 Å². The molecule has 2 aliphatic rings. The zero-order chi connectivity index (χ0) is 19.3. The molecule has 1 spiro atoms. The van der Waals surface area contributed by atoms with Crippen molar-refractivity contribution in [2.45, 2.75) is 63.8 Å². The lowest BCUT2D eigenvalue weighted by Crippen LogP contribution is -2.53. The molecular weight excluding hydrogens is 485 g/mol. The van der Waals surface area contributed by atoms with Crippen LogP contribution in [0.2, 0.25) is 0 Å². The highest BCUT2D eigenvalue weighted by atomic mass is 127. The van der Waals surface area contributed by atoms with Gasteiger partial charge in [-0.25, -0.2) is 0 Å². The summed E-state index contributed by atoms with van der Waals surface area (Å²) >= 11 is 2.20. The summed E-state index contributed by atoms with van der Waals surface area (Å²) in [5.41, 5.74) is 3.57. The van der Waals surface area contributed by atoms with Crippen molar-refractivity contribution in [2.75, 3.05) is 39.6 Å². The lowest BCUT2D eigenvalue weighted by atomic mass is 9.87. The van der Waals surface area contributed by atoms with E-state index in [1.165, 1.54) is 49.1 Å². The van der Waals surface area contributed by atoms with Gasteiger partial charge in [0.1, 0.15) is 0 Å². The first-order valence-corrected chi connectivity index (χ1v) is 11.2. The van der Waals surface area contributed by atoms with E-state index in [-0.39, 0.29) is 24.0 Å². The van der Waals surface area contributed by atoms with Crippen LogP contribution in [0.4, 0.5) is 0 Å². The molecule has 0 radical (unpaired) electrons. The molecule has 28 heavy (non-hydrogen) atoms. The van der Waals surface area contributed by atoms with Gasteiger partial charge in [0.2, 0.25) is 0 Å². The predicted molar refractivity (Wildman–Crippen MR) is 129 cm³/mol. The molecule has 8 heteroatoms. The first-order valence-electron chi connectivity index (χ1n) is 10.2. The average Bonchev–Trinajstić information content (AvgIpc) is 2.95. The molecule has 3 rings (SSSR count). The van der Waals surface area contributed by atoms with Gasteiger partial charge in [-0.2, -0.15) is 16.9 Å². The Morgan fingerprint density at radius 2 is 2.04 bits per heavy atom. The van der Waals surface area contributed by atoms with Crippen LogP contribution >= 0.6 is 35.7 Å². The molecule has 160 valence electrons. The number of halogens is 1. The van der Waals surface area contributed by atoms with E-state index in [9.17, 15) is 0 Å². The molecule has 2 fully saturated rings. The number of ether oxygens (including phenoxy) is 1. The summed E-state index contributed by atoms with van der Waals surface area (Å²) in [6.07, 6.45) is 6.88. The normalized spacial score (nSPS) is 19.6. The zero-order valence-electron chi connectivity index (χ0n) is 17.8. The summed E-state index contributed by atoms with van der Waals surface area (Å²) in [6.45, 7) is 8.69. The zero-order valence-corrected chi connectivity index (χ0v) is 20.9. The lowest BCUT2D eigenvalue weighted by Gasteiger charge is -2.45. The van der Waals surface area contributed by atoms with Crippen molar-refractivity contribution in [2.24, 2.45) is 4.99 Å². The van der Waals surface area contributed by atoms with E-state index < -0.39 is 0 Å².